The number of rotatable bonds is 2. The third-order valence-electron chi connectivity index (χ3n) is 3.69. The molecule has 4 nitrogen and oxygen atoms in total. The summed E-state index contributed by atoms with van der Waals surface area (Å²) in [5, 5.41) is 0. The third kappa shape index (κ3) is 3.01. The van der Waals surface area contributed by atoms with Crippen molar-refractivity contribution in [1.29, 1.82) is 0 Å². The zero-order valence-electron chi connectivity index (χ0n) is 11.5. The van der Waals surface area contributed by atoms with Gasteiger partial charge in [-0.15, -0.1) is 0 Å². The van der Waals surface area contributed by atoms with Gasteiger partial charge in [-0.25, -0.2) is 8.42 Å². The fraction of sp³-hybridized carbons (Fsp3) is 0.538. The van der Waals surface area contributed by atoms with Crippen molar-refractivity contribution in [3.8, 4) is 0 Å². The number of alkyl halides is 3. The van der Waals surface area contributed by atoms with Crippen LogP contribution >= 0.6 is 0 Å². The molecule has 0 bridgehead atoms. The minimum absolute atomic E-state index is 0.0114. The molecule has 2 N–H and O–H groups in total. The van der Waals surface area contributed by atoms with Crippen LogP contribution in [0.3, 0.4) is 0 Å². The standard InChI is InChI=1S/C13H17F3N2O2S/c1-9-8-10(17)6-7-18(9)11-4-2-3-5-12(11)21(19,20)13(14,15)16/h2-5,9-10H,6-8,17H2,1H3. The smallest absolute Gasteiger partial charge is 0.368 e. The van der Waals surface area contributed by atoms with Gasteiger partial charge in [0.1, 0.15) is 0 Å². The summed E-state index contributed by atoms with van der Waals surface area (Å²) in [4.78, 5) is 0.988. The number of halogens is 3. The summed E-state index contributed by atoms with van der Waals surface area (Å²) in [6.07, 6.45) is 1.23. The Kier molecular flexibility index (Phi) is 4.21. The van der Waals surface area contributed by atoms with E-state index in [4.69, 9.17) is 5.73 Å². The second-order valence-electron chi connectivity index (χ2n) is 5.24. The topological polar surface area (TPSA) is 63.4 Å². The lowest BCUT2D eigenvalue weighted by Crippen LogP contribution is -2.46. The Morgan fingerprint density at radius 1 is 1.29 bits per heavy atom. The predicted molar refractivity (Wildman–Crippen MR) is 73.7 cm³/mol. The lowest BCUT2D eigenvalue weighted by molar-refractivity contribution is -0.0435. The van der Waals surface area contributed by atoms with Gasteiger partial charge in [0.05, 0.1) is 10.6 Å². The number of nitrogens with two attached hydrogens (primary N) is 1. The molecule has 1 aromatic carbocycles. The molecule has 0 saturated carbocycles. The van der Waals surface area contributed by atoms with Gasteiger partial charge < -0.3 is 10.6 Å². The number of sulfone groups is 1. The summed E-state index contributed by atoms with van der Waals surface area (Å²) in [6, 6.07) is 5.11. The van der Waals surface area contributed by atoms with Gasteiger partial charge in [0, 0.05) is 18.6 Å². The molecular weight excluding hydrogens is 305 g/mol. The van der Waals surface area contributed by atoms with Gasteiger partial charge in [-0.3, -0.25) is 0 Å². The zero-order valence-corrected chi connectivity index (χ0v) is 12.3. The maximum absolute atomic E-state index is 12.8. The fourth-order valence-corrected chi connectivity index (χ4v) is 3.58. The second kappa shape index (κ2) is 5.49. The maximum Gasteiger partial charge on any atom is 0.501 e. The number of anilines is 1. The number of nitrogens with zero attached hydrogens (tertiary/aromatic N) is 1. The van der Waals surface area contributed by atoms with Crippen LogP contribution in [0.5, 0.6) is 0 Å². The van der Waals surface area contributed by atoms with Gasteiger partial charge in [-0.1, -0.05) is 12.1 Å². The average molecular weight is 322 g/mol. The van der Waals surface area contributed by atoms with Gasteiger partial charge >= 0.3 is 5.51 Å². The fourth-order valence-electron chi connectivity index (χ4n) is 2.61. The first-order valence-electron chi connectivity index (χ1n) is 6.57. The van der Waals surface area contributed by atoms with Crippen molar-refractivity contribution in [2.24, 2.45) is 5.73 Å². The van der Waals surface area contributed by atoms with E-state index in [1.165, 1.54) is 18.2 Å². The van der Waals surface area contributed by atoms with Crippen molar-refractivity contribution in [3.05, 3.63) is 24.3 Å². The van der Waals surface area contributed by atoms with E-state index in [1.54, 1.807) is 4.90 Å². The van der Waals surface area contributed by atoms with Crippen LogP contribution in [0, 0.1) is 0 Å². The Morgan fingerprint density at radius 3 is 2.48 bits per heavy atom. The molecule has 1 fully saturated rings. The third-order valence-corrected chi connectivity index (χ3v) is 5.22. The van der Waals surface area contributed by atoms with Gasteiger partial charge in [0.2, 0.25) is 0 Å². The molecule has 2 unspecified atom stereocenters. The Balaban J connectivity index is 2.48. The summed E-state index contributed by atoms with van der Waals surface area (Å²) in [6.45, 7) is 2.27. The van der Waals surface area contributed by atoms with Crippen LogP contribution in [0.2, 0.25) is 0 Å². The molecule has 8 heteroatoms. The van der Waals surface area contributed by atoms with Crippen LogP contribution in [-0.4, -0.2) is 32.6 Å². The average Bonchev–Trinajstić information content (AvgIpc) is 2.37. The van der Waals surface area contributed by atoms with Gasteiger partial charge in [-0.05, 0) is 31.9 Å². The predicted octanol–water partition coefficient (Wildman–Crippen LogP) is 2.30. The van der Waals surface area contributed by atoms with Crippen LogP contribution in [0.25, 0.3) is 0 Å². The molecule has 1 aromatic rings. The molecule has 1 aliphatic rings. The summed E-state index contributed by atoms with van der Waals surface area (Å²) >= 11 is 0. The van der Waals surface area contributed by atoms with E-state index in [1.807, 2.05) is 6.92 Å². The molecule has 1 saturated heterocycles. The molecule has 0 aromatic heterocycles. The molecule has 118 valence electrons. The first-order chi connectivity index (χ1) is 9.64. The highest BCUT2D eigenvalue weighted by Crippen LogP contribution is 2.37. The normalized spacial score (nSPS) is 24.1. The Hall–Kier alpha value is -1.28. The SMILES string of the molecule is CC1CC(N)CCN1c1ccccc1S(=O)(=O)C(F)(F)F. The lowest BCUT2D eigenvalue weighted by atomic mass is 9.98. The van der Waals surface area contributed by atoms with E-state index in [0.717, 1.165) is 6.07 Å². The van der Waals surface area contributed by atoms with E-state index in [9.17, 15) is 21.6 Å². The van der Waals surface area contributed by atoms with Crippen molar-refractivity contribution < 1.29 is 21.6 Å². The summed E-state index contributed by atoms with van der Waals surface area (Å²) in [7, 11) is -5.37. The van der Waals surface area contributed by atoms with Crippen molar-refractivity contribution in [1.82, 2.24) is 0 Å². The molecule has 1 aliphatic heterocycles. The van der Waals surface area contributed by atoms with Crippen molar-refractivity contribution in [3.63, 3.8) is 0 Å². The Labute approximate surface area is 121 Å². The minimum Gasteiger partial charge on any atom is -0.368 e. The van der Waals surface area contributed by atoms with E-state index < -0.39 is 20.2 Å². The molecule has 2 atom stereocenters. The highest BCUT2D eigenvalue weighted by atomic mass is 32.2. The number of para-hydroxylation sites is 1. The van der Waals surface area contributed by atoms with Crippen LogP contribution in [0.15, 0.2) is 29.2 Å². The molecule has 0 amide bonds. The van der Waals surface area contributed by atoms with Crippen LogP contribution in [0.1, 0.15) is 19.8 Å². The Bertz CT molecular complexity index is 616. The van der Waals surface area contributed by atoms with Gasteiger partial charge in [0.25, 0.3) is 9.84 Å². The molecule has 2 rings (SSSR count). The van der Waals surface area contributed by atoms with Crippen molar-refractivity contribution in [2.75, 3.05) is 11.4 Å². The second-order valence-corrected chi connectivity index (χ2v) is 7.15. The molecule has 1 heterocycles. The maximum atomic E-state index is 12.8. The number of benzene rings is 1. The van der Waals surface area contributed by atoms with Gasteiger partial charge in [0.15, 0.2) is 0 Å². The Morgan fingerprint density at radius 2 is 1.90 bits per heavy atom. The summed E-state index contributed by atoms with van der Waals surface area (Å²) in [5.74, 6) is 0. The minimum atomic E-state index is -5.37. The lowest BCUT2D eigenvalue weighted by Gasteiger charge is -2.39. The highest BCUT2D eigenvalue weighted by Gasteiger charge is 2.48. The van der Waals surface area contributed by atoms with Crippen LogP contribution in [0.4, 0.5) is 18.9 Å². The summed E-state index contributed by atoms with van der Waals surface area (Å²) < 4.78 is 61.8. The highest BCUT2D eigenvalue weighted by molar-refractivity contribution is 7.92. The number of hydrogen-bond donors (Lipinski definition) is 1. The molecule has 0 radical (unpaired) electrons. The number of hydrogen-bond acceptors (Lipinski definition) is 4. The van der Waals surface area contributed by atoms with Crippen molar-refractivity contribution >= 4 is 15.5 Å². The molecule has 0 spiro atoms. The first kappa shape index (κ1) is 16.1. The van der Waals surface area contributed by atoms with E-state index in [0.29, 0.717) is 19.4 Å². The van der Waals surface area contributed by atoms with Gasteiger partial charge in [-0.2, -0.15) is 13.2 Å². The van der Waals surface area contributed by atoms with E-state index >= 15 is 0 Å². The monoisotopic (exact) mass is 322 g/mol. The van der Waals surface area contributed by atoms with Crippen LogP contribution < -0.4 is 10.6 Å². The quantitative estimate of drug-likeness (QED) is 0.907. The van der Waals surface area contributed by atoms with Crippen LogP contribution in [-0.2, 0) is 9.84 Å². The summed E-state index contributed by atoms with van der Waals surface area (Å²) in [5.41, 5.74) is 0.618. The van der Waals surface area contributed by atoms with E-state index in [-0.39, 0.29) is 17.8 Å². The molecule has 0 aliphatic carbocycles. The largest absolute Gasteiger partial charge is 0.501 e. The molecular formula is C13H17F3N2O2S. The first-order valence-corrected chi connectivity index (χ1v) is 8.05. The number of piperidine rings is 1. The molecule has 21 heavy (non-hydrogen) atoms. The zero-order chi connectivity index (χ0) is 15.8. The van der Waals surface area contributed by atoms with Crippen molar-refractivity contribution in [2.45, 2.75) is 42.3 Å². The van der Waals surface area contributed by atoms with E-state index in [2.05, 4.69) is 0 Å².